The number of carbonyl (C=O) groups excluding carboxylic acids is 1. The quantitative estimate of drug-likeness (QED) is 0.768. The molecule has 1 amide bonds. The number of benzene rings is 1. The topological polar surface area (TPSA) is 72.7 Å². The molecule has 0 aliphatic rings. The van der Waals surface area contributed by atoms with E-state index >= 15 is 0 Å². The molecule has 0 saturated heterocycles. The maximum absolute atomic E-state index is 10.9. The highest BCUT2D eigenvalue weighted by Crippen LogP contribution is 2.12. The third-order valence-electron chi connectivity index (χ3n) is 1.76. The minimum Gasteiger partial charge on any atom is -0.274 e. The Hall–Kier alpha value is -2.24. The zero-order valence-corrected chi connectivity index (χ0v) is 8.08. The number of rotatable bonds is 2. The Kier molecular flexibility index (Phi) is 2.40. The van der Waals surface area contributed by atoms with Crippen LogP contribution in [0.15, 0.2) is 30.3 Å². The van der Waals surface area contributed by atoms with Crippen LogP contribution in [0, 0.1) is 0 Å². The van der Waals surface area contributed by atoms with Gasteiger partial charge in [-0.2, -0.15) is 0 Å². The van der Waals surface area contributed by atoms with E-state index in [1.54, 1.807) is 0 Å². The van der Waals surface area contributed by atoms with Gasteiger partial charge in [-0.15, -0.1) is 9.89 Å². The van der Waals surface area contributed by atoms with Crippen molar-refractivity contribution in [3.8, 4) is 11.4 Å². The molecule has 2 rings (SSSR count). The summed E-state index contributed by atoms with van der Waals surface area (Å²) < 4.78 is 0. The summed E-state index contributed by atoms with van der Waals surface area (Å²) in [5.41, 5.74) is 3.34. The second kappa shape index (κ2) is 3.87. The monoisotopic (exact) mass is 203 g/mol. The summed E-state index contributed by atoms with van der Waals surface area (Å²) in [5, 5.41) is 11.0. The maximum Gasteiger partial charge on any atom is 0.237 e. The first-order valence-corrected chi connectivity index (χ1v) is 4.39. The SMILES string of the molecule is CC(=O)Nn1nnnc1-c1ccccc1. The molecular formula is C9H9N5O. The first-order chi connectivity index (χ1) is 7.27. The lowest BCUT2D eigenvalue weighted by Gasteiger charge is -2.03. The van der Waals surface area contributed by atoms with Gasteiger partial charge in [0.25, 0.3) is 0 Å². The number of aromatic nitrogens is 4. The molecule has 2 aromatic rings. The van der Waals surface area contributed by atoms with Crippen molar-refractivity contribution in [3.63, 3.8) is 0 Å². The van der Waals surface area contributed by atoms with E-state index in [2.05, 4.69) is 21.0 Å². The number of hydrogen-bond donors (Lipinski definition) is 1. The normalized spacial score (nSPS) is 9.93. The van der Waals surface area contributed by atoms with Gasteiger partial charge in [-0.1, -0.05) is 30.3 Å². The average Bonchev–Trinajstić information content (AvgIpc) is 2.66. The van der Waals surface area contributed by atoms with Gasteiger partial charge in [-0.25, -0.2) is 5.43 Å². The highest BCUT2D eigenvalue weighted by Gasteiger charge is 2.08. The molecule has 6 heteroatoms. The summed E-state index contributed by atoms with van der Waals surface area (Å²) in [5.74, 6) is 0.283. The van der Waals surface area contributed by atoms with Crippen molar-refractivity contribution in [2.75, 3.05) is 5.43 Å². The summed E-state index contributed by atoms with van der Waals surface area (Å²) >= 11 is 0. The van der Waals surface area contributed by atoms with E-state index in [1.807, 2.05) is 30.3 Å². The van der Waals surface area contributed by atoms with Gasteiger partial charge in [-0.3, -0.25) is 4.79 Å². The molecule has 0 bridgehead atoms. The Morgan fingerprint density at radius 3 is 2.73 bits per heavy atom. The first kappa shape index (κ1) is 9.32. The molecular weight excluding hydrogens is 194 g/mol. The number of hydrogen-bond acceptors (Lipinski definition) is 4. The lowest BCUT2D eigenvalue weighted by Crippen LogP contribution is -2.22. The summed E-state index contributed by atoms with van der Waals surface area (Å²) in [6.45, 7) is 1.40. The Morgan fingerprint density at radius 1 is 1.33 bits per heavy atom. The van der Waals surface area contributed by atoms with Crippen LogP contribution in [0.1, 0.15) is 6.92 Å². The molecule has 0 unspecified atom stereocenters. The minimum atomic E-state index is -0.223. The highest BCUT2D eigenvalue weighted by molar-refractivity contribution is 5.81. The number of nitrogens with zero attached hydrogens (tertiary/aromatic N) is 4. The van der Waals surface area contributed by atoms with Crippen molar-refractivity contribution in [1.29, 1.82) is 0 Å². The molecule has 1 aromatic carbocycles. The predicted octanol–water partition coefficient (Wildman–Crippen LogP) is 0.430. The van der Waals surface area contributed by atoms with Crippen LogP contribution in [-0.2, 0) is 4.79 Å². The van der Waals surface area contributed by atoms with E-state index in [0.29, 0.717) is 5.82 Å². The van der Waals surface area contributed by atoms with Gasteiger partial charge in [0.1, 0.15) is 0 Å². The van der Waals surface area contributed by atoms with Gasteiger partial charge in [-0.05, 0) is 10.4 Å². The maximum atomic E-state index is 10.9. The molecule has 0 saturated carbocycles. The van der Waals surface area contributed by atoms with Gasteiger partial charge < -0.3 is 0 Å². The highest BCUT2D eigenvalue weighted by atomic mass is 16.2. The third-order valence-corrected chi connectivity index (χ3v) is 1.76. The van der Waals surface area contributed by atoms with Crippen LogP contribution >= 0.6 is 0 Å². The van der Waals surface area contributed by atoms with Crippen molar-refractivity contribution >= 4 is 5.91 Å². The number of nitrogens with one attached hydrogen (secondary N) is 1. The van der Waals surface area contributed by atoms with Crippen molar-refractivity contribution < 1.29 is 4.79 Å². The minimum absolute atomic E-state index is 0.223. The number of carbonyl (C=O) groups is 1. The molecule has 0 fully saturated rings. The standard InChI is InChI=1S/C9H9N5O/c1-7(15)11-14-9(10-12-13-14)8-5-3-2-4-6-8/h2-6H,1H3,(H,11,15). The number of tetrazole rings is 1. The summed E-state index contributed by atoms with van der Waals surface area (Å²) in [4.78, 5) is 12.1. The lowest BCUT2D eigenvalue weighted by molar-refractivity contribution is -0.115. The zero-order chi connectivity index (χ0) is 10.7. The van der Waals surface area contributed by atoms with E-state index < -0.39 is 0 Å². The third kappa shape index (κ3) is 1.98. The fourth-order valence-corrected chi connectivity index (χ4v) is 1.18. The second-order valence-electron chi connectivity index (χ2n) is 2.95. The van der Waals surface area contributed by atoms with Crippen LogP contribution in [0.4, 0.5) is 0 Å². The van der Waals surface area contributed by atoms with Crippen LogP contribution in [-0.4, -0.2) is 26.2 Å². The Bertz CT molecular complexity index is 464. The molecule has 6 nitrogen and oxygen atoms in total. The van der Waals surface area contributed by atoms with Gasteiger partial charge >= 0.3 is 0 Å². The van der Waals surface area contributed by atoms with Crippen molar-refractivity contribution in [2.24, 2.45) is 0 Å². The average molecular weight is 203 g/mol. The number of amides is 1. The predicted molar refractivity (Wildman–Crippen MR) is 53.3 cm³/mol. The van der Waals surface area contributed by atoms with E-state index in [0.717, 1.165) is 5.56 Å². The molecule has 0 atom stereocenters. The van der Waals surface area contributed by atoms with Crippen molar-refractivity contribution in [2.45, 2.75) is 6.92 Å². The van der Waals surface area contributed by atoms with E-state index in [9.17, 15) is 4.79 Å². The summed E-state index contributed by atoms with van der Waals surface area (Å²) in [6, 6.07) is 9.38. The molecule has 1 N–H and O–H groups in total. The van der Waals surface area contributed by atoms with Crippen LogP contribution < -0.4 is 5.43 Å². The fraction of sp³-hybridized carbons (Fsp3) is 0.111. The second-order valence-corrected chi connectivity index (χ2v) is 2.95. The lowest BCUT2D eigenvalue weighted by atomic mass is 10.2. The Labute approximate surface area is 85.9 Å². The molecule has 1 heterocycles. The molecule has 15 heavy (non-hydrogen) atoms. The van der Waals surface area contributed by atoms with E-state index in [4.69, 9.17) is 0 Å². The Morgan fingerprint density at radius 2 is 2.07 bits per heavy atom. The fourth-order valence-electron chi connectivity index (χ4n) is 1.18. The van der Waals surface area contributed by atoms with E-state index in [-0.39, 0.29) is 5.91 Å². The molecule has 0 radical (unpaired) electrons. The van der Waals surface area contributed by atoms with Crippen molar-refractivity contribution in [3.05, 3.63) is 30.3 Å². The largest absolute Gasteiger partial charge is 0.274 e. The van der Waals surface area contributed by atoms with Crippen LogP contribution in [0.5, 0.6) is 0 Å². The summed E-state index contributed by atoms with van der Waals surface area (Å²) in [6.07, 6.45) is 0. The molecule has 1 aromatic heterocycles. The van der Waals surface area contributed by atoms with Gasteiger partial charge in [0.15, 0.2) is 0 Å². The summed E-state index contributed by atoms with van der Waals surface area (Å²) in [7, 11) is 0. The molecule has 0 aliphatic heterocycles. The van der Waals surface area contributed by atoms with Crippen LogP contribution in [0.3, 0.4) is 0 Å². The Balaban J connectivity index is 2.37. The first-order valence-electron chi connectivity index (χ1n) is 4.39. The van der Waals surface area contributed by atoms with Crippen LogP contribution in [0.25, 0.3) is 11.4 Å². The smallest absolute Gasteiger partial charge is 0.237 e. The molecule has 76 valence electrons. The zero-order valence-electron chi connectivity index (χ0n) is 8.08. The van der Waals surface area contributed by atoms with Gasteiger partial charge in [0, 0.05) is 12.5 Å². The van der Waals surface area contributed by atoms with Gasteiger partial charge in [0.05, 0.1) is 0 Å². The van der Waals surface area contributed by atoms with Crippen LogP contribution in [0.2, 0.25) is 0 Å². The van der Waals surface area contributed by atoms with Gasteiger partial charge in [0.2, 0.25) is 11.7 Å². The van der Waals surface area contributed by atoms with Crippen molar-refractivity contribution in [1.82, 2.24) is 20.3 Å². The molecule has 0 spiro atoms. The molecule has 0 aliphatic carbocycles. The van der Waals surface area contributed by atoms with E-state index in [1.165, 1.54) is 11.7 Å².